The molecule has 0 aliphatic rings. The average molecular weight is 418 g/mol. The molecule has 0 bridgehead atoms. The molecule has 10 nitrogen and oxygen atoms in total. The lowest BCUT2D eigenvalue weighted by atomic mass is 10.2. The van der Waals surface area contributed by atoms with Gasteiger partial charge in [-0.1, -0.05) is 0 Å². The van der Waals surface area contributed by atoms with E-state index in [1.165, 1.54) is 0 Å². The lowest BCUT2D eigenvalue weighted by molar-refractivity contribution is -0.154. The third kappa shape index (κ3) is 18.6. The zero-order valence-electron chi connectivity index (χ0n) is 18.2. The number of ether oxygens (including phenoxy) is 4. The molecule has 0 radical (unpaired) electrons. The summed E-state index contributed by atoms with van der Waals surface area (Å²) in [5.41, 5.74) is -1.16. The Kier molecular flexibility index (Phi) is 11.7. The Morgan fingerprint density at radius 3 is 1.31 bits per heavy atom. The first-order valence-electron chi connectivity index (χ1n) is 9.53. The molecule has 0 aromatic carbocycles. The van der Waals surface area contributed by atoms with Gasteiger partial charge in [0.05, 0.1) is 13.2 Å². The molecular formula is C19H34N2O8. The average Bonchev–Trinajstić information content (AvgIpc) is 2.50. The standard InChI is InChI=1S/C19H34N2O8/c1-18(2,3)28-16(24)20-9-7-11-26-14(22)13-15(23)27-12-8-10-21-17(25)29-19(4,5)6/h7-13H2,1-6H3,(H,20,24)(H,21,25). The molecule has 0 heterocycles. The molecular weight excluding hydrogens is 384 g/mol. The van der Waals surface area contributed by atoms with Gasteiger partial charge in [0.25, 0.3) is 0 Å². The first kappa shape index (κ1) is 26.5. The van der Waals surface area contributed by atoms with Crippen LogP contribution < -0.4 is 10.6 Å². The van der Waals surface area contributed by atoms with Gasteiger partial charge < -0.3 is 29.6 Å². The predicted molar refractivity (Wildman–Crippen MR) is 104 cm³/mol. The van der Waals surface area contributed by atoms with E-state index in [0.29, 0.717) is 12.8 Å². The van der Waals surface area contributed by atoms with E-state index in [9.17, 15) is 19.2 Å². The van der Waals surface area contributed by atoms with Gasteiger partial charge in [0.15, 0.2) is 0 Å². The van der Waals surface area contributed by atoms with Crippen molar-refractivity contribution >= 4 is 24.1 Å². The van der Waals surface area contributed by atoms with Crippen molar-refractivity contribution in [1.82, 2.24) is 10.6 Å². The largest absolute Gasteiger partial charge is 0.465 e. The molecule has 10 heteroatoms. The van der Waals surface area contributed by atoms with E-state index in [1.807, 2.05) is 0 Å². The summed E-state index contributed by atoms with van der Waals surface area (Å²) >= 11 is 0. The molecule has 0 atom stereocenters. The maximum atomic E-state index is 11.5. The van der Waals surface area contributed by atoms with Gasteiger partial charge in [-0.05, 0) is 54.4 Å². The number of hydrogen-bond acceptors (Lipinski definition) is 8. The molecule has 0 aliphatic heterocycles. The number of rotatable bonds is 10. The number of amides is 2. The van der Waals surface area contributed by atoms with Crippen molar-refractivity contribution in [2.45, 2.75) is 72.0 Å². The van der Waals surface area contributed by atoms with Crippen LogP contribution in [0.5, 0.6) is 0 Å². The Labute approximate surface area is 172 Å². The minimum atomic E-state index is -0.709. The van der Waals surface area contributed by atoms with Crippen LogP contribution >= 0.6 is 0 Å². The van der Waals surface area contributed by atoms with E-state index in [0.717, 1.165) is 0 Å². The van der Waals surface area contributed by atoms with E-state index in [-0.39, 0.29) is 26.3 Å². The summed E-state index contributed by atoms with van der Waals surface area (Å²) in [6, 6.07) is 0. The van der Waals surface area contributed by atoms with Crippen LogP contribution in [-0.2, 0) is 28.5 Å². The summed E-state index contributed by atoms with van der Waals surface area (Å²) in [5, 5.41) is 5.06. The van der Waals surface area contributed by atoms with Crippen LogP contribution in [0, 0.1) is 0 Å². The van der Waals surface area contributed by atoms with Crippen molar-refractivity contribution in [2.75, 3.05) is 26.3 Å². The third-order valence-corrected chi connectivity index (χ3v) is 2.79. The van der Waals surface area contributed by atoms with E-state index < -0.39 is 41.7 Å². The van der Waals surface area contributed by atoms with E-state index >= 15 is 0 Å². The maximum absolute atomic E-state index is 11.5. The number of alkyl carbamates (subject to hydrolysis) is 2. The smallest absolute Gasteiger partial charge is 0.407 e. The molecule has 0 saturated heterocycles. The Morgan fingerprint density at radius 2 is 1.00 bits per heavy atom. The summed E-state index contributed by atoms with van der Waals surface area (Å²) in [4.78, 5) is 45.9. The fourth-order valence-electron chi connectivity index (χ4n) is 1.75. The van der Waals surface area contributed by atoms with Crippen LogP contribution in [0.3, 0.4) is 0 Å². The van der Waals surface area contributed by atoms with Crippen LogP contribution in [0.1, 0.15) is 60.8 Å². The van der Waals surface area contributed by atoms with E-state index in [1.54, 1.807) is 41.5 Å². The summed E-state index contributed by atoms with van der Waals surface area (Å²) in [7, 11) is 0. The van der Waals surface area contributed by atoms with Crippen molar-refractivity contribution < 1.29 is 38.1 Å². The lowest BCUT2D eigenvalue weighted by Crippen LogP contribution is -2.33. The number of nitrogens with one attached hydrogen (secondary N) is 2. The molecule has 0 unspecified atom stereocenters. The predicted octanol–water partition coefficient (Wildman–Crippen LogP) is 2.29. The van der Waals surface area contributed by atoms with E-state index in [2.05, 4.69) is 10.6 Å². The number of esters is 2. The van der Waals surface area contributed by atoms with Crippen LogP contribution in [0.15, 0.2) is 0 Å². The van der Waals surface area contributed by atoms with Gasteiger partial charge in [0.2, 0.25) is 0 Å². The van der Waals surface area contributed by atoms with Gasteiger partial charge in [0, 0.05) is 13.1 Å². The van der Waals surface area contributed by atoms with E-state index in [4.69, 9.17) is 18.9 Å². The SMILES string of the molecule is CC(C)(C)OC(=O)NCCCOC(=O)CC(=O)OCCCNC(=O)OC(C)(C)C. The van der Waals surface area contributed by atoms with Crippen LogP contribution in [-0.4, -0.2) is 61.6 Å². The first-order valence-corrected chi connectivity index (χ1v) is 9.53. The fourth-order valence-corrected chi connectivity index (χ4v) is 1.75. The van der Waals surface area contributed by atoms with Crippen molar-refractivity contribution in [3.63, 3.8) is 0 Å². The lowest BCUT2D eigenvalue weighted by Gasteiger charge is -2.19. The van der Waals surface area contributed by atoms with Crippen molar-refractivity contribution in [3.8, 4) is 0 Å². The molecule has 29 heavy (non-hydrogen) atoms. The molecule has 2 N–H and O–H groups in total. The number of hydrogen-bond donors (Lipinski definition) is 2. The normalized spacial score (nSPS) is 11.2. The second-order valence-corrected chi connectivity index (χ2v) is 8.18. The number of carbonyl (C=O) groups excluding carboxylic acids is 4. The second kappa shape index (κ2) is 12.8. The fraction of sp³-hybridized carbons (Fsp3) is 0.789. The molecule has 0 aromatic rings. The molecule has 0 aromatic heterocycles. The van der Waals surface area contributed by atoms with Crippen LogP contribution in [0.25, 0.3) is 0 Å². The van der Waals surface area contributed by atoms with Crippen LogP contribution in [0.2, 0.25) is 0 Å². The Hall–Kier alpha value is -2.52. The molecule has 0 saturated carbocycles. The minimum Gasteiger partial charge on any atom is -0.465 e. The monoisotopic (exact) mass is 418 g/mol. The first-order chi connectivity index (χ1) is 13.3. The Balaban J connectivity index is 3.69. The van der Waals surface area contributed by atoms with Crippen molar-refractivity contribution in [1.29, 1.82) is 0 Å². The Bertz CT molecular complexity index is 501. The minimum absolute atomic E-state index is 0.0573. The van der Waals surface area contributed by atoms with Crippen LogP contribution in [0.4, 0.5) is 9.59 Å². The molecule has 0 spiro atoms. The molecule has 168 valence electrons. The summed E-state index contributed by atoms with van der Waals surface area (Å²) in [5.74, 6) is -1.42. The summed E-state index contributed by atoms with van der Waals surface area (Å²) < 4.78 is 19.9. The maximum Gasteiger partial charge on any atom is 0.407 e. The van der Waals surface area contributed by atoms with Crippen molar-refractivity contribution in [3.05, 3.63) is 0 Å². The molecule has 0 rings (SSSR count). The van der Waals surface area contributed by atoms with Gasteiger partial charge in [0.1, 0.15) is 17.6 Å². The summed E-state index contributed by atoms with van der Waals surface area (Å²) in [6.45, 7) is 11.2. The zero-order chi connectivity index (χ0) is 22.5. The highest BCUT2D eigenvalue weighted by Gasteiger charge is 2.17. The zero-order valence-corrected chi connectivity index (χ0v) is 18.2. The van der Waals surface area contributed by atoms with Crippen molar-refractivity contribution in [2.24, 2.45) is 0 Å². The highest BCUT2D eigenvalue weighted by Crippen LogP contribution is 2.07. The summed E-state index contributed by atoms with van der Waals surface area (Å²) in [6.07, 6.45) is -0.826. The molecule has 0 aliphatic carbocycles. The molecule has 0 fully saturated rings. The van der Waals surface area contributed by atoms with Gasteiger partial charge >= 0.3 is 24.1 Å². The highest BCUT2D eigenvalue weighted by atomic mass is 16.6. The van der Waals surface area contributed by atoms with Gasteiger partial charge in [-0.15, -0.1) is 0 Å². The second-order valence-electron chi connectivity index (χ2n) is 8.18. The highest BCUT2D eigenvalue weighted by molar-refractivity contribution is 5.91. The quantitative estimate of drug-likeness (QED) is 0.239. The Morgan fingerprint density at radius 1 is 0.655 bits per heavy atom. The van der Waals surface area contributed by atoms with Gasteiger partial charge in [-0.25, -0.2) is 9.59 Å². The van der Waals surface area contributed by atoms with Gasteiger partial charge in [-0.3, -0.25) is 9.59 Å². The third-order valence-electron chi connectivity index (χ3n) is 2.79. The van der Waals surface area contributed by atoms with Gasteiger partial charge in [-0.2, -0.15) is 0 Å². The molecule has 2 amide bonds. The topological polar surface area (TPSA) is 129 Å². The number of carbonyl (C=O) groups is 4.